The molecule has 3 nitrogen and oxygen atoms in total. The Bertz CT molecular complexity index is 1560. The van der Waals surface area contributed by atoms with Gasteiger partial charge in [0.05, 0.1) is 0 Å². The summed E-state index contributed by atoms with van der Waals surface area (Å²) in [5.41, 5.74) is 7.62. The number of phenols is 3. The first kappa shape index (κ1) is 27.7. The van der Waals surface area contributed by atoms with Crippen LogP contribution in [0.3, 0.4) is 0 Å². The van der Waals surface area contributed by atoms with Crippen LogP contribution in [0.2, 0.25) is 0 Å². The summed E-state index contributed by atoms with van der Waals surface area (Å²) >= 11 is 0. The molecule has 198 valence electrons. The van der Waals surface area contributed by atoms with Crippen molar-refractivity contribution >= 4 is 0 Å². The van der Waals surface area contributed by atoms with Crippen molar-refractivity contribution in [3.05, 3.63) is 152 Å². The van der Waals surface area contributed by atoms with E-state index >= 15 is 0 Å². The van der Waals surface area contributed by atoms with Crippen molar-refractivity contribution in [2.45, 2.75) is 7.43 Å². The van der Waals surface area contributed by atoms with Crippen LogP contribution < -0.4 is 0 Å². The van der Waals surface area contributed by atoms with Crippen LogP contribution >= 0.6 is 0 Å². The Morgan fingerprint density at radius 2 is 0.600 bits per heavy atom. The molecule has 0 aliphatic rings. The standard InChI is InChI=1S/C24H18O2.C12H10O.CH4/c25-23-13-11-19(17-7-3-1-4-8-17)15-21(23)22-16-20(12-14-24(22)26)18-9-5-2-6-10-18;13-12-8-6-11(7-9-12)10-4-2-1-3-5-10;/h1-16,25-26H;1-9,13H;1H4. The van der Waals surface area contributed by atoms with E-state index in [0.717, 1.165) is 27.8 Å². The third-order valence-electron chi connectivity index (χ3n) is 6.47. The van der Waals surface area contributed by atoms with Gasteiger partial charge >= 0.3 is 0 Å². The molecule has 0 aliphatic heterocycles. The minimum Gasteiger partial charge on any atom is -0.508 e. The van der Waals surface area contributed by atoms with Gasteiger partial charge in [0.15, 0.2) is 0 Å². The second-order valence-electron chi connectivity index (χ2n) is 9.11. The Balaban J connectivity index is 0.000000223. The van der Waals surface area contributed by atoms with E-state index in [4.69, 9.17) is 5.11 Å². The van der Waals surface area contributed by atoms with Gasteiger partial charge in [-0.15, -0.1) is 0 Å². The number of aromatic hydroxyl groups is 3. The lowest BCUT2D eigenvalue weighted by Gasteiger charge is -2.12. The van der Waals surface area contributed by atoms with Crippen LogP contribution in [0.1, 0.15) is 7.43 Å². The Kier molecular flexibility index (Phi) is 9.01. The maximum absolute atomic E-state index is 10.4. The quantitative estimate of drug-likeness (QED) is 0.215. The van der Waals surface area contributed by atoms with Crippen LogP contribution in [-0.4, -0.2) is 15.3 Å². The zero-order valence-electron chi connectivity index (χ0n) is 21.3. The summed E-state index contributed by atoms with van der Waals surface area (Å²) in [6.07, 6.45) is 0. The highest BCUT2D eigenvalue weighted by molar-refractivity contribution is 5.83. The number of benzene rings is 6. The van der Waals surface area contributed by atoms with Gasteiger partial charge in [-0.2, -0.15) is 0 Å². The molecule has 3 heteroatoms. The van der Waals surface area contributed by atoms with Crippen molar-refractivity contribution in [1.29, 1.82) is 0 Å². The second-order valence-corrected chi connectivity index (χ2v) is 9.11. The number of phenolic OH excluding ortho intramolecular Hbond substituents is 3. The molecule has 0 fully saturated rings. The predicted molar refractivity (Wildman–Crippen MR) is 166 cm³/mol. The average molecular weight is 525 g/mol. The summed E-state index contributed by atoms with van der Waals surface area (Å²) in [6, 6.07) is 48.2. The van der Waals surface area contributed by atoms with Crippen LogP contribution in [0, 0.1) is 0 Å². The highest BCUT2D eigenvalue weighted by Crippen LogP contribution is 2.40. The molecule has 6 aromatic rings. The fraction of sp³-hybridized carbons (Fsp3) is 0.0270. The number of rotatable bonds is 4. The summed E-state index contributed by atoms with van der Waals surface area (Å²) < 4.78 is 0. The molecule has 0 radical (unpaired) electrons. The molecule has 3 N–H and O–H groups in total. The lowest BCUT2D eigenvalue weighted by Crippen LogP contribution is -1.86. The maximum Gasteiger partial charge on any atom is 0.123 e. The third-order valence-corrected chi connectivity index (χ3v) is 6.47. The van der Waals surface area contributed by atoms with Gasteiger partial charge in [-0.25, -0.2) is 0 Å². The summed E-state index contributed by atoms with van der Waals surface area (Å²) in [5, 5.41) is 29.9. The summed E-state index contributed by atoms with van der Waals surface area (Å²) in [7, 11) is 0. The van der Waals surface area contributed by atoms with E-state index in [1.165, 1.54) is 5.56 Å². The normalized spacial score (nSPS) is 10.1. The van der Waals surface area contributed by atoms with Crippen molar-refractivity contribution in [1.82, 2.24) is 0 Å². The van der Waals surface area contributed by atoms with E-state index in [9.17, 15) is 10.2 Å². The van der Waals surface area contributed by atoms with Crippen molar-refractivity contribution in [2.24, 2.45) is 0 Å². The molecule has 0 spiro atoms. The molecular formula is C37H32O3. The van der Waals surface area contributed by atoms with Crippen LogP contribution in [0.15, 0.2) is 152 Å². The SMILES string of the molecule is C.Oc1ccc(-c2ccccc2)cc1.Oc1ccc(-c2ccccc2)cc1-c1cc(-c2ccccc2)ccc1O. The first-order chi connectivity index (χ1) is 19.1. The van der Waals surface area contributed by atoms with Crippen LogP contribution in [-0.2, 0) is 0 Å². The van der Waals surface area contributed by atoms with Crippen LogP contribution in [0.5, 0.6) is 17.2 Å². The zero-order chi connectivity index (χ0) is 27.0. The van der Waals surface area contributed by atoms with E-state index in [1.54, 1.807) is 24.3 Å². The Morgan fingerprint density at radius 1 is 0.300 bits per heavy atom. The highest BCUT2D eigenvalue weighted by Gasteiger charge is 2.12. The van der Waals surface area contributed by atoms with Gasteiger partial charge in [-0.05, 0) is 69.8 Å². The Hall–Kier alpha value is -5.28. The molecule has 0 saturated heterocycles. The fourth-order valence-electron chi connectivity index (χ4n) is 4.41. The van der Waals surface area contributed by atoms with Crippen molar-refractivity contribution in [3.63, 3.8) is 0 Å². The third kappa shape index (κ3) is 6.58. The van der Waals surface area contributed by atoms with E-state index in [2.05, 4.69) is 0 Å². The van der Waals surface area contributed by atoms with Crippen molar-refractivity contribution in [2.75, 3.05) is 0 Å². The molecule has 40 heavy (non-hydrogen) atoms. The van der Waals surface area contributed by atoms with Gasteiger partial charge in [0, 0.05) is 11.1 Å². The molecule has 0 bridgehead atoms. The molecule has 0 heterocycles. The van der Waals surface area contributed by atoms with Gasteiger partial charge < -0.3 is 15.3 Å². The molecular weight excluding hydrogens is 492 g/mol. The monoisotopic (exact) mass is 524 g/mol. The predicted octanol–water partition coefficient (Wildman–Crippen LogP) is 9.79. The fourth-order valence-corrected chi connectivity index (χ4v) is 4.41. The molecule has 6 aromatic carbocycles. The maximum atomic E-state index is 10.4. The molecule has 0 unspecified atom stereocenters. The van der Waals surface area contributed by atoms with Gasteiger partial charge in [0.25, 0.3) is 0 Å². The minimum atomic E-state index is 0. The summed E-state index contributed by atoms with van der Waals surface area (Å²) in [4.78, 5) is 0. The van der Waals surface area contributed by atoms with E-state index in [-0.39, 0.29) is 18.9 Å². The molecule has 6 rings (SSSR count). The van der Waals surface area contributed by atoms with Crippen LogP contribution in [0.4, 0.5) is 0 Å². The number of hydrogen-bond acceptors (Lipinski definition) is 3. The first-order valence-electron chi connectivity index (χ1n) is 12.7. The molecule has 0 amide bonds. The number of hydrogen-bond donors (Lipinski definition) is 3. The van der Waals surface area contributed by atoms with E-state index in [1.807, 2.05) is 127 Å². The Morgan fingerprint density at radius 3 is 0.975 bits per heavy atom. The topological polar surface area (TPSA) is 60.7 Å². The van der Waals surface area contributed by atoms with E-state index < -0.39 is 0 Å². The highest BCUT2D eigenvalue weighted by atomic mass is 16.3. The Labute approximate surface area is 235 Å². The molecule has 0 atom stereocenters. The van der Waals surface area contributed by atoms with E-state index in [0.29, 0.717) is 16.9 Å². The van der Waals surface area contributed by atoms with Gasteiger partial charge in [0.2, 0.25) is 0 Å². The van der Waals surface area contributed by atoms with Crippen molar-refractivity contribution < 1.29 is 15.3 Å². The molecule has 0 aliphatic carbocycles. The lowest BCUT2D eigenvalue weighted by atomic mass is 9.95. The van der Waals surface area contributed by atoms with Crippen LogP contribution in [0.25, 0.3) is 44.5 Å². The summed E-state index contributed by atoms with van der Waals surface area (Å²) in [5.74, 6) is 0.593. The zero-order valence-corrected chi connectivity index (χ0v) is 21.3. The van der Waals surface area contributed by atoms with Gasteiger partial charge in [-0.1, -0.05) is 123 Å². The second kappa shape index (κ2) is 13.0. The van der Waals surface area contributed by atoms with Gasteiger partial charge in [-0.3, -0.25) is 0 Å². The molecule has 0 aromatic heterocycles. The largest absolute Gasteiger partial charge is 0.508 e. The first-order valence-corrected chi connectivity index (χ1v) is 12.7. The average Bonchev–Trinajstić information content (AvgIpc) is 3.00. The summed E-state index contributed by atoms with van der Waals surface area (Å²) in [6.45, 7) is 0. The minimum absolute atomic E-state index is 0. The lowest BCUT2D eigenvalue weighted by molar-refractivity contribution is 0.469. The van der Waals surface area contributed by atoms with Gasteiger partial charge in [0.1, 0.15) is 17.2 Å². The van der Waals surface area contributed by atoms with Crippen molar-refractivity contribution in [3.8, 4) is 61.8 Å². The smallest absolute Gasteiger partial charge is 0.123 e. The molecule has 0 saturated carbocycles.